The van der Waals surface area contributed by atoms with Gasteiger partial charge in [-0.25, -0.2) is 0 Å². The van der Waals surface area contributed by atoms with E-state index >= 15 is 0 Å². The third-order valence-corrected chi connectivity index (χ3v) is 2.69. The molecule has 3 nitrogen and oxygen atoms in total. The number of benzene rings is 1. The monoisotopic (exact) mass is 207 g/mol. The second-order valence-electron chi connectivity index (χ2n) is 3.69. The van der Waals surface area contributed by atoms with E-state index in [0.717, 1.165) is 5.56 Å². The van der Waals surface area contributed by atoms with Crippen LogP contribution in [0.2, 0.25) is 0 Å². The van der Waals surface area contributed by atoms with Crippen molar-refractivity contribution >= 4 is 5.97 Å². The molecule has 82 valence electrons. The van der Waals surface area contributed by atoms with Gasteiger partial charge in [-0.3, -0.25) is 4.79 Å². The predicted octanol–water partition coefficient (Wildman–Crippen LogP) is 1.85. The van der Waals surface area contributed by atoms with Crippen molar-refractivity contribution in [3.63, 3.8) is 0 Å². The maximum Gasteiger partial charge on any atom is 0.304 e. The van der Waals surface area contributed by atoms with E-state index in [4.69, 9.17) is 5.11 Å². The Kier molecular flexibility index (Phi) is 4.31. The maximum absolute atomic E-state index is 10.7. The van der Waals surface area contributed by atoms with Crippen LogP contribution in [0.5, 0.6) is 0 Å². The van der Waals surface area contributed by atoms with E-state index < -0.39 is 5.97 Å². The summed E-state index contributed by atoms with van der Waals surface area (Å²) in [4.78, 5) is 10.7. The van der Waals surface area contributed by atoms with Crippen molar-refractivity contribution < 1.29 is 9.90 Å². The van der Waals surface area contributed by atoms with Crippen LogP contribution in [-0.4, -0.2) is 24.2 Å². The molecule has 3 heteroatoms. The molecule has 2 atom stereocenters. The third-order valence-electron chi connectivity index (χ3n) is 2.69. The molecule has 0 fully saturated rings. The number of hydrogen-bond donors (Lipinski definition) is 2. The van der Waals surface area contributed by atoms with Gasteiger partial charge in [0.05, 0.1) is 6.42 Å². The van der Waals surface area contributed by atoms with Crippen molar-refractivity contribution in [3.05, 3.63) is 35.9 Å². The molecule has 0 bridgehead atoms. The lowest BCUT2D eigenvalue weighted by atomic mass is 9.91. The Morgan fingerprint density at radius 3 is 2.47 bits per heavy atom. The van der Waals surface area contributed by atoms with Crippen molar-refractivity contribution in [1.82, 2.24) is 5.32 Å². The third kappa shape index (κ3) is 3.36. The molecule has 0 saturated carbocycles. The average molecular weight is 207 g/mol. The highest BCUT2D eigenvalue weighted by Gasteiger charge is 2.19. The Labute approximate surface area is 90.1 Å². The van der Waals surface area contributed by atoms with Gasteiger partial charge < -0.3 is 10.4 Å². The second kappa shape index (κ2) is 5.51. The van der Waals surface area contributed by atoms with Gasteiger partial charge in [0.15, 0.2) is 0 Å². The van der Waals surface area contributed by atoms with Gasteiger partial charge in [-0.1, -0.05) is 37.3 Å². The number of carboxylic acid groups (broad SMARTS) is 1. The molecule has 1 rings (SSSR count). The van der Waals surface area contributed by atoms with Crippen molar-refractivity contribution in [1.29, 1.82) is 0 Å². The van der Waals surface area contributed by atoms with Gasteiger partial charge in [0.25, 0.3) is 0 Å². The first-order chi connectivity index (χ1) is 7.15. The molecular weight excluding hydrogens is 190 g/mol. The summed E-state index contributed by atoms with van der Waals surface area (Å²) in [5, 5.41) is 11.8. The first-order valence-corrected chi connectivity index (χ1v) is 5.09. The molecule has 2 N–H and O–H groups in total. The number of hydrogen-bond acceptors (Lipinski definition) is 2. The number of carbonyl (C=O) groups is 1. The van der Waals surface area contributed by atoms with Crippen LogP contribution in [-0.2, 0) is 4.79 Å². The summed E-state index contributed by atoms with van der Waals surface area (Å²) < 4.78 is 0. The fraction of sp³-hybridized carbons (Fsp3) is 0.417. The highest BCUT2D eigenvalue weighted by atomic mass is 16.4. The molecule has 0 radical (unpaired) electrons. The summed E-state index contributed by atoms with van der Waals surface area (Å²) in [5.41, 5.74) is 1.16. The molecule has 0 heterocycles. The number of nitrogens with one attached hydrogen (secondary N) is 1. The zero-order valence-electron chi connectivity index (χ0n) is 9.10. The minimum absolute atomic E-state index is 0.0232. The largest absolute Gasteiger partial charge is 0.481 e. The van der Waals surface area contributed by atoms with Gasteiger partial charge in [0.1, 0.15) is 0 Å². The fourth-order valence-electron chi connectivity index (χ4n) is 1.71. The zero-order valence-corrected chi connectivity index (χ0v) is 9.10. The van der Waals surface area contributed by atoms with Crippen LogP contribution in [0.1, 0.15) is 24.8 Å². The summed E-state index contributed by atoms with van der Waals surface area (Å²) in [6.07, 6.45) is 0.145. The summed E-state index contributed by atoms with van der Waals surface area (Å²) >= 11 is 0. The van der Waals surface area contributed by atoms with Crippen molar-refractivity contribution in [2.24, 2.45) is 0 Å². The van der Waals surface area contributed by atoms with Crippen LogP contribution in [0, 0.1) is 0 Å². The van der Waals surface area contributed by atoms with Crippen LogP contribution in [0.25, 0.3) is 0 Å². The Morgan fingerprint density at radius 2 is 2.00 bits per heavy atom. The van der Waals surface area contributed by atoms with Crippen LogP contribution in [0.15, 0.2) is 30.3 Å². The highest BCUT2D eigenvalue weighted by molar-refractivity contribution is 5.67. The minimum Gasteiger partial charge on any atom is -0.481 e. The van der Waals surface area contributed by atoms with Crippen LogP contribution in [0.3, 0.4) is 0 Å². The fourth-order valence-corrected chi connectivity index (χ4v) is 1.71. The Balaban J connectivity index is 2.73. The number of rotatable bonds is 5. The molecule has 0 amide bonds. The van der Waals surface area contributed by atoms with Gasteiger partial charge in [0, 0.05) is 6.04 Å². The molecular formula is C12H17NO2. The number of carboxylic acids is 1. The van der Waals surface area contributed by atoms with E-state index in [1.807, 2.05) is 37.3 Å². The molecule has 0 spiro atoms. The van der Waals surface area contributed by atoms with Crippen LogP contribution in [0.4, 0.5) is 0 Å². The second-order valence-corrected chi connectivity index (χ2v) is 3.69. The van der Waals surface area contributed by atoms with Gasteiger partial charge in [-0.05, 0) is 18.5 Å². The molecule has 0 saturated heterocycles. The molecule has 0 aliphatic heterocycles. The normalized spacial score (nSPS) is 14.5. The minimum atomic E-state index is -0.767. The van der Waals surface area contributed by atoms with Gasteiger partial charge in [-0.15, -0.1) is 0 Å². The highest BCUT2D eigenvalue weighted by Crippen LogP contribution is 2.20. The van der Waals surface area contributed by atoms with Gasteiger partial charge >= 0.3 is 5.97 Å². The maximum atomic E-state index is 10.7. The standard InChI is InChI=1S/C12H17NO2/c1-9(10-6-4-3-5-7-10)11(13-2)8-12(14)15/h3-7,9,11,13H,8H2,1-2H3,(H,14,15). The molecule has 15 heavy (non-hydrogen) atoms. The summed E-state index contributed by atoms with van der Waals surface area (Å²) in [6, 6.07) is 9.93. The first-order valence-electron chi connectivity index (χ1n) is 5.09. The predicted molar refractivity (Wildman–Crippen MR) is 60.0 cm³/mol. The Hall–Kier alpha value is -1.35. The lowest BCUT2D eigenvalue weighted by Crippen LogP contribution is -2.33. The lowest BCUT2D eigenvalue weighted by Gasteiger charge is -2.22. The quantitative estimate of drug-likeness (QED) is 0.774. The van der Waals surface area contributed by atoms with Gasteiger partial charge in [0.2, 0.25) is 0 Å². The summed E-state index contributed by atoms with van der Waals surface area (Å²) in [5.74, 6) is -0.565. The van der Waals surface area contributed by atoms with E-state index in [-0.39, 0.29) is 18.4 Å². The van der Waals surface area contributed by atoms with E-state index in [1.165, 1.54) is 0 Å². The van der Waals surface area contributed by atoms with Crippen LogP contribution >= 0.6 is 0 Å². The van der Waals surface area contributed by atoms with E-state index in [1.54, 1.807) is 7.05 Å². The average Bonchev–Trinajstić information content (AvgIpc) is 2.26. The molecule has 1 aromatic carbocycles. The smallest absolute Gasteiger partial charge is 0.304 e. The number of aliphatic carboxylic acids is 1. The van der Waals surface area contributed by atoms with E-state index in [2.05, 4.69) is 5.32 Å². The zero-order chi connectivity index (χ0) is 11.3. The first kappa shape index (κ1) is 11.7. The Bertz CT molecular complexity index is 311. The molecule has 2 unspecified atom stereocenters. The lowest BCUT2D eigenvalue weighted by molar-refractivity contribution is -0.137. The Morgan fingerprint density at radius 1 is 1.40 bits per heavy atom. The van der Waals surface area contributed by atoms with Crippen molar-refractivity contribution in [2.45, 2.75) is 25.3 Å². The van der Waals surface area contributed by atoms with Crippen molar-refractivity contribution in [3.8, 4) is 0 Å². The number of likely N-dealkylation sites (N-methyl/N-ethyl adjacent to an activating group) is 1. The molecule has 0 aliphatic rings. The van der Waals surface area contributed by atoms with Gasteiger partial charge in [-0.2, -0.15) is 0 Å². The molecule has 1 aromatic rings. The molecule has 0 aromatic heterocycles. The van der Waals surface area contributed by atoms with E-state index in [0.29, 0.717) is 0 Å². The summed E-state index contributed by atoms with van der Waals surface area (Å²) in [7, 11) is 1.80. The topological polar surface area (TPSA) is 49.3 Å². The van der Waals surface area contributed by atoms with Crippen LogP contribution < -0.4 is 5.32 Å². The SMILES string of the molecule is CNC(CC(=O)O)C(C)c1ccccc1. The molecule has 0 aliphatic carbocycles. The van der Waals surface area contributed by atoms with Crippen molar-refractivity contribution in [2.75, 3.05) is 7.05 Å². The summed E-state index contributed by atoms with van der Waals surface area (Å²) in [6.45, 7) is 2.04. The van der Waals surface area contributed by atoms with E-state index in [9.17, 15) is 4.79 Å².